The number of aromatic amines is 1. The van der Waals surface area contributed by atoms with Gasteiger partial charge < -0.3 is 10.1 Å². The van der Waals surface area contributed by atoms with Gasteiger partial charge in [-0.05, 0) is 48.6 Å². The SMILES string of the molecule is Cc1c(-c2ccc(F)cc2-c2csc(N(C)C(=O)[C@@H](CC(=O)O)CC3CCCC3)n2)cnc2[nH]ccc12. The highest BCUT2D eigenvalue weighted by molar-refractivity contribution is 7.14. The lowest BCUT2D eigenvalue weighted by Gasteiger charge is -2.23. The Kier molecular flexibility index (Phi) is 7.06. The highest BCUT2D eigenvalue weighted by atomic mass is 32.1. The van der Waals surface area contributed by atoms with Gasteiger partial charge in [0.1, 0.15) is 11.5 Å². The van der Waals surface area contributed by atoms with E-state index in [-0.39, 0.29) is 18.1 Å². The van der Waals surface area contributed by atoms with Crippen molar-refractivity contribution in [2.24, 2.45) is 11.8 Å². The number of hydrogen-bond donors (Lipinski definition) is 2. The molecule has 1 aliphatic carbocycles. The zero-order valence-corrected chi connectivity index (χ0v) is 21.6. The number of aliphatic carboxylic acids is 1. The molecule has 7 nitrogen and oxygen atoms in total. The van der Waals surface area contributed by atoms with E-state index < -0.39 is 11.9 Å². The predicted molar refractivity (Wildman–Crippen MR) is 143 cm³/mol. The minimum absolute atomic E-state index is 0.195. The first-order valence-corrected chi connectivity index (χ1v) is 13.4. The number of aromatic nitrogens is 3. The Labute approximate surface area is 218 Å². The lowest BCUT2D eigenvalue weighted by atomic mass is 9.90. The Morgan fingerprint density at radius 3 is 2.76 bits per heavy atom. The second-order valence-corrected chi connectivity index (χ2v) is 10.7. The number of hydrogen-bond acceptors (Lipinski definition) is 5. The number of carbonyl (C=O) groups is 2. The van der Waals surface area contributed by atoms with Crippen LogP contribution in [0.15, 0.2) is 42.0 Å². The van der Waals surface area contributed by atoms with Gasteiger partial charge in [0.2, 0.25) is 5.91 Å². The highest BCUT2D eigenvalue weighted by Crippen LogP contribution is 2.38. The van der Waals surface area contributed by atoms with Crippen LogP contribution in [-0.2, 0) is 9.59 Å². The molecule has 0 unspecified atom stereocenters. The molecule has 2 N–H and O–H groups in total. The van der Waals surface area contributed by atoms with E-state index in [9.17, 15) is 19.1 Å². The maximum Gasteiger partial charge on any atom is 0.304 e. The van der Waals surface area contributed by atoms with Gasteiger partial charge in [0.25, 0.3) is 0 Å². The molecule has 0 bridgehead atoms. The van der Waals surface area contributed by atoms with Crippen LogP contribution in [0.3, 0.4) is 0 Å². The Balaban J connectivity index is 1.45. The molecule has 1 saturated carbocycles. The number of anilines is 1. The largest absolute Gasteiger partial charge is 0.481 e. The second kappa shape index (κ2) is 10.4. The number of aryl methyl sites for hydroxylation is 1. The summed E-state index contributed by atoms with van der Waals surface area (Å²) in [5.74, 6) is -1.81. The van der Waals surface area contributed by atoms with E-state index in [2.05, 4.69) is 15.0 Å². The molecule has 0 saturated heterocycles. The summed E-state index contributed by atoms with van der Waals surface area (Å²) in [7, 11) is 1.63. The molecule has 5 rings (SSSR count). The van der Waals surface area contributed by atoms with Gasteiger partial charge in [0.15, 0.2) is 5.13 Å². The van der Waals surface area contributed by atoms with Crippen LogP contribution in [-0.4, -0.2) is 39.0 Å². The molecule has 192 valence electrons. The molecule has 9 heteroatoms. The third-order valence-electron chi connectivity index (χ3n) is 7.38. The number of amides is 1. The number of halogens is 1. The van der Waals surface area contributed by atoms with Gasteiger partial charge >= 0.3 is 5.97 Å². The fraction of sp³-hybridized carbons (Fsp3) is 0.357. The molecular formula is C28H29FN4O3S. The first kappa shape index (κ1) is 25.1. The van der Waals surface area contributed by atoms with Crippen molar-refractivity contribution in [2.75, 3.05) is 11.9 Å². The number of carboxylic acid groups (broad SMARTS) is 1. The predicted octanol–water partition coefficient (Wildman–Crippen LogP) is 6.43. The van der Waals surface area contributed by atoms with Crippen LogP contribution in [0.2, 0.25) is 0 Å². The maximum atomic E-state index is 14.4. The number of nitrogens with zero attached hydrogens (tertiary/aromatic N) is 3. The van der Waals surface area contributed by atoms with Crippen LogP contribution in [0, 0.1) is 24.6 Å². The molecule has 1 fully saturated rings. The summed E-state index contributed by atoms with van der Waals surface area (Å²) in [5.41, 5.74) is 4.63. The summed E-state index contributed by atoms with van der Waals surface area (Å²) in [6.07, 6.45) is 8.34. The van der Waals surface area contributed by atoms with E-state index in [4.69, 9.17) is 0 Å². The van der Waals surface area contributed by atoms with Gasteiger partial charge in [-0.25, -0.2) is 14.4 Å². The van der Waals surface area contributed by atoms with E-state index in [0.717, 1.165) is 53.4 Å². The third-order valence-corrected chi connectivity index (χ3v) is 8.29. The zero-order valence-electron chi connectivity index (χ0n) is 20.8. The quantitative estimate of drug-likeness (QED) is 0.279. The van der Waals surface area contributed by atoms with Crippen molar-refractivity contribution < 1.29 is 19.1 Å². The van der Waals surface area contributed by atoms with Crippen molar-refractivity contribution in [3.8, 4) is 22.4 Å². The molecule has 0 aliphatic heterocycles. The average Bonchev–Trinajstić information content (AvgIpc) is 3.65. The summed E-state index contributed by atoms with van der Waals surface area (Å²) in [4.78, 5) is 38.6. The van der Waals surface area contributed by atoms with Crippen molar-refractivity contribution in [1.82, 2.24) is 15.0 Å². The van der Waals surface area contributed by atoms with Crippen molar-refractivity contribution in [1.29, 1.82) is 0 Å². The topological polar surface area (TPSA) is 99.2 Å². The Morgan fingerprint density at radius 2 is 2.00 bits per heavy atom. The van der Waals surface area contributed by atoms with Gasteiger partial charge in [-0.15, -0.1) is 11.3 Å². The van der Waals surface area contributed by atoms with Gasteiger partial charge in [0, 0.05) is 47.3 Å². The molecule has 37 heavy (non-hydrogen) atoms. The third kappa shape index (κ3) is 5.13. The minimum atomic E-state index is -0.975. The number of pyridine rings is 1. The number of fused-ring (bicyclic) bond motifs is 1. The van der Waals surface area contributed by atoms with Gasteiger partial charge in [-0.2, -0.15) is 0 Å². The van der Waals surface area contributed by atoms with Gasteiger partial charge in [-0.3, -0.25) is 14.5 Å². The summed E-state index contributed by atoms with van der Waals surface area (Å²) < 4.78 is 14.4. The summed E-state index contributed by atoms with van der Waals surface area (Å²) in [5, 5.41) is 12.7. The Hall–Kier alpha value is -3.59. The number of rotatable bonds is 8. The minimum Gasteiger partial charge on any atom is -0.481 e. The molecule has 1 amide bonds. The number of H-pyrrole nitrogens is 1. The molecule has 1 aliphatic rings. The lowest BCUT2D eigenvalue weighted by molar-refractivity contribution is -0.140. The fourth-order valence-corrected chi connectivity index (χ4v) is 6.21. The molecule has 0 radical (unpaired) electrons. The summed E-state index contributed by atoms with van der Waals surface area (Å²) >= 11 is 1.28. The van der Waals surface area contributed by atoms with Crippen LogP contribution in [0.4, 0.5) is 9.52 Å². The Bertz CT molecular complexity index is 1460. The Morgan fingerprint density at radius 1 is 1.22 bits per heavy atom. The standard InChI is InChI=1S/C28H29FN4O3S/c1-16-20-9-10-30-26(20)31-14-23(16)21-8-7-19(29)13-22(21)24-15-37-28(32-24)33(2)27(36)18(12-25(34)35)11-17-5-3-4-6-17/h7-10,13-15,17-18H,3-6,11-12H2,1-2H3,(H,30,31)(H,34,35)/t18-/m1/s1. The number of thiazole rings is 1. The second-order valence-electron chi connectivity index (χ2n) is 9.82. The molecule has 4 aromatic rings. The lowest BCUT2D eigenvalue weighted by Crippen LogP contribution is -2.35. The molecule has 1 atom stereocenters. The molecule has 3 aromatic heterocycles. The highest BCUT2D eigenvalue weighted by Gasteiger charge is 2.30. The van der Waals surface area contributed by atoms with E-state index in [1.807, 2.05) is 19.2 Å². The normalized spacial score (nSPS) is 14.8. The van der Waals surface area contributed by atoms with E-state index in [1.165, 1.54) is 28.4 Å². The zero-order chi connectivity index (χ0) is 26.1. The van der Waals surface area contributed by atoms with Crippen LogP contribution in [0.1, 0.15) is 44.1 Å². The van der Waals surface area contributed by atoms with E-state index in [1.54, 1.807) is 24.7 Å². The summed E-state index contributed by atoms with van der Waals surface area (Å²) in [6, 6.07) is 6.56. The molecule has 3 heterocycles. The first-order valence-electron chi connectivity index (χ1n) is 12.5. The van der Waals surface area contributed by atoms with Crippen LogP contribution in [0.5, 0.6) is 0 Å². The monoisotopic (exact) mass is 520 g/mol. The number of carbonyl (C=O) groups excluding carboxylic acids is 1. The van der Waals surface area contributed by atoms with Crippen LogP contribution >= 0.6 is 11.3 Å². The van der Waals surface area contributed by atoms with Crippen molar-refractivity contribution in [3.05, 3.63) is 53.4 Å². The smallest absolute Gasteiger partial charge is 0.304 e. The van der Waals surface area contributed by atoms with Crippen LogP contribution in [0.25, 0.3) is 33.4 Å². The van der Waals surface area contributed by atoms with E-state index in [0.29, 0.717) is 28.7 Å². The number of nitrogens with one attached hydrogen (secondary N) is 1. The molecule has 1 aromatic carbocycles. The number of benzene rings is 1. The van der Waals surface area contributed by atoms with Crippen molar-refractivity contribution in [2.45, 2.75) is 45.4 Å². The number of carboxylic acids is 1. The fourth-order valence-electron chi connectivity index (χ4n) is 5.42. The van der Waals surface area contributed by atoms with Crippen molar-refractivity contribution in [3.63, 3.8) is 0 Å². The maximum absolute atomic E-state index is 14.4. The van der Waals surface area contributed by atoms with Gasteiger partial charge in [-0.1, -0.05) is 31.7 Å². The first-order chi connectivity index (χ1) is 17.8. The molecular weight excluding hydrogens is 491 g/mol. The van der Waals surface area contributed by atoms with Crippen LogP contribution < -0.4 is 4.90 Å². The average molecular weight is 521 g/mol. The van der Waals surface area contributed by atoms with Gasteiger partial charge in [0.05, 0.1) is 12.1 Å². The van der Waals surface area contributed by atoms with Crippen molar-refractivity contribution >= 4 is 39.4 Å². The summed E-state index contributed by atoms with van der Waals surface area (Å²) in [6.45, 7) is 2.01. The van der Waals surface area contributed by atoms with E-state index >= 15 is 0 Å². The molecule has 0 spiro atoms.